The molecule has 0 radical (unpaired) electrons. The van der Waals surface area contributed by atoms with Gasteiger partial charge in [-0.2, -0.15) is 0 Å². The van der Waals surface area contributed by atoms with Crippen molar-refractivity contribution in [2.75, 3.05) is 11.6 Å². The summed E-state index contributed by atoms with van der Waals surface area (Å²) in [5, 5.41) is 3.44. The highest BCUT2D eigenvalue weighted by atomic mass is 35.5. The number of halogens is 2. The summed E-state index contributed by atoms with van der Waals surface area (Å²) in [6.45, 7) is 0. The Morgan fingerprint density at radius 2 is 1.89 bits per heavy atom. The lowest BCUT2D eigenvalue weighted by atomic mass is 10.2. The van der Waals surface area contributed by atoms with Gasteiger partial charge in [-0.15, -0.1) is 11.8 Å². The molecule has 0 bridgehead atoms. The number of carbonyl (C=O) groups is 1. The average molecular weight is 312 g/mol. The first-order valence-corrected chi connectivity index (χ1v) is 7.49. The van der Waals surface area contributed by atoms with Gasteiger partial charge in [0.15, 0.2) is 0 Å². The van der Waals surface area contributed by atoms with Crippen LogP contribution in [0.4, 0.5) is 5.69 Å². The lowest BCUT2D eigenvalue weighted by Crippen LogP contribution is -2.12. The van der Waals surface area contributed by atoms with Crippen LogP contribution in [0.15, 0.2) is 47.4 Å². The quantitative estimate of drug-likeness (QED) is 0.811. The Kier molecular flexibility index (Phi) is 4.75. The van der Waals surface area contributed by atoms with Gasteiger partial charge >= 0.3 is 0 Å². The molecule has 0 heterocycles. The van der Waals surface area contributed by atoms with E-state index in [-0.39, 0.29) is 10.9 Å². The minimum atomic E-state index is -0.272. The highest BCUT2D eigenvalue weighted by molar-refractivity contribution is 7.98. The molecule has 0 aliphatic rings. The van der Waals surface area contributed by atoms with Crippen molar-refractivity contribution < 1.29 is 4.79 Å². The number of benzene rings is 2. The number of hydrogen-bond acceptors (Lipinski definition) is 2. The summed E-state index contributed by atoms with van der Waals surface area (Å²) in [4.78, 5) is 13.2. The van der Waals surface area contributed by atoms with Crippen LogP contribution in [0.25, 0.3) is 0 Å². The Balaban J connectivity index is 2.23. The number of nitrogens with one attached hydrogen (secondary N) is 1. The first-order valence-electron chi connectivity index (χ1n) is 5.51. The van der Waals surface area contributed by atoms with Crippen LogP contribution in [0, 0.1) is 0 Å². The average Bonchev–Trinajstić information content (AvgIpc) is 2.42. The van der Waals surface area contributed by atoms with Gasteiger partial charge in [0, 0.05) is 10.6 Å². The molecule has 19 heavy (non-hydrogen) atoms. The van der Waals surface area contributed by atoms with Gasteiger partial charge in [0.1, 0.15) is 0 Å². The molecule has 0 fully saturated rings. The molecular weight excluding hydrogens is 301 g/mol. The standard InChI is InChI=1S/C14H11Cl2NOS/c1-19-10-5-2-4-9(8-10)17-14(18)11-6-3-7-12(15)13(11)16/h2-8H,1H3,(H,17,18). The molecule has 0 saturated heterocycles. The Bertz CT molecular complexity index is 616. The topological polar surface area (TPSA) is 29.1 Å². The monoisotopic (exact) mass is 311 g/mol. The molecule has 5 heteroatoms. The summed E-state index contributed by atoms with van der Waals surface area (Å²) in [7, 11) is 0. The zero-order valence-corrected chi connectivity index (χ0v) is 12.4. The van der Waals surface area contributed by atoms with Crippen LogP contribution in [0.3, 0.4) is 0 Å². The fourth-order valence-electron chi connectivity index (χ4n) is 1.58. The summed E-state index contributed by atoms with van der Waals surface area (Å²) in [5.74, 6) is -0.272. The molecule has 2 aromatic carbocycles. The number of anilines is 1. The molecule has 0 unspecified atom stereocenters. The summed E-state index contributed by atoms with van der Waals surface area (Å²) in [6, 6.07) is 12.6. The van der Waals surface area contributed by atoms with Gasteiger partial charge in [-0.25, -0.2) is 0 Å². The molecule has 0 spiro atoms. The molecule has 0 saturated carbocycles. The third kappa shape index (κ3) is 3.44. The molecule has 2 rings (SSSR count). The highest BCUT2D eigenvalue weighted by Crippen LogP contribution is 2.26. The van der Waals surface area contributed by atoms with Crippen molar-refractivity contribution in [3.63, 3.8) is 0 Å². The minimum absolute atomic E-state index is 0.266. The fraction of sp³-hybridized carbons (Fsp3) is 0.0714. The number of rotatable bonds is 3. The van der Waals surface area contributed by atoms with E-state index in [1.165, 1.54) is 0 Å². The molecule has 1 amide bonds. The Labute approximate surface area is 126 Å². The second-order valence-electron chi connectivity index (χ2n) is 3.79. The first kappa shape index (κ1) is 14.3. The lowest BCUT2D eigenvalue weighted by molar-refractivity contribution is 0.102. The van der Waals surface area contributed by atoms with Crippen molar-refractivity contribution >= 4 is 46.6 Å². The maximum absolute atomic E-state index is 12.1. The number of thioether (sulfide) groups is 1. The largest absolute Gasteiger partial charge is 0.322 e. The van der Waals surface area contributed by atoms with Crippen LogP contribution in [0.2, 0.25) is 10.0 Å². The maximum atomic E-state index is 12.1. The molecule has 0 aromatic heterocycles. The van der Waals surface area contributed by atoms with Gasteiger partial charge in [0.2, 0.25) is 0 Å². The smallest absolute Gasteiger partial charge is 0.257 e. The summed E-state index contributed by atoms with van der Waals surface area (Å²) in [6.07, 6.45) is 1.98. The molecule has 2 nitrogen and oxygen atoms in total. The van der Waals surface area contributed by atoms with Crippen molar-refractivity contribution in [2.24, 2.45) is 0 Å². The van der Waals surface area contributed by atoms with E-state index in [2.05, 4.69) is 5.32 Å². The zero-order chi connectivity index (χ0) is 13.8. The van der Waals surface area contributed by atoms with Crippen molar-refractivity contribution in [3.05, 3.63) is 58.1 Å². The number of hydrogen-bond donors (Lipinski definition) is 1. The molecule has 98 valence electrons. The van der Waals surface area contributed by atoms with Crippen LogP contribution in [-0.4, -0.2) is 12.2 Å². The third-order valence-corrected chi connectivity index (χ3v) is 4.07. The maximum Gasteiger partial charge on any atom is 0.257 e. The van der Waals surface area contributed by atoms with Gasteiger partial charge in [-0.05, 0) is 36.6 Å². The second-order valence-corrected chi connectivity index (χ2v) is 5.45. The Morgan fingerprint density at radius 1 is 1.16 bits per heavy atom. The third-order valence-electron chi connectivity index (χ3n) is 2.52. The SMILES string of the molecule is CSc1cccc(NC(=O)c2cccc(Cl)c2Cl)c1. The summed E-state index contributed by atoms with van der Waals surface area (Å²) in [5.41, 5.74) is 1.09. The van der Waals surface area contributed by atoms with E-state index in [4.69, 9.17) is 23.2 Å². The van der Waals surface area contributed by atoms with Crippen molar-refractivity contribution in [2.45, 2.75) is 4.90 Å². The van der Waals surface area contributed by atoms with Crippen LogP contribution < -0.4 is 5.32 Å². The summed E-state index contributed by atoms with van der Waals surface area (Å²) < 4.78 is 0. The molecule has 1 N–H and O–H groups in total. The molecule has 2 aromatic rings. The van der Waals surface area contributed by atoms with Gasteiger partial charge in [0.25, 0.3) is 5.91 Å². The van der Waals surface area contributed by atoms with Crippen LogP contribution in [-0.2, 0) is 0 Å². The second kappa shape index (κ2) is 6.33. The molecular formula is C14H11Cl2NOS. The predicted molar refractivity (Wildman–Crippen MR) is 82.6 cm³/mol. The van der Waals surface area contributed by atoms with E-state index in [1.807, 2.05) is 30.5 Å². The summed E-state index contributed by atoms with van der Waals surface area (Å²) >= 11 is 13.5. The van der Waals surface area contributed by atoms with E-state index in [9.17, 15) is 4.79 Å². The fourth-order valence-corrected chi connectivity index (χ4v) is 2.42. The van der Waals surface area contributed by atoms with E-state index < -0.39 is 0 Å². The van der Waals surface area contributed by atoms with Crippen molar-refractivity contribution in [3.8, 4) is 0 Å². The normalized spacial score (nSPS) is 10.3. The van der Waals surface area contributed by atoms with Gasteiger partial charge < -0.3 is 5.32 Å². The minimum Gasteiger partial charge on any atom is -0.322 e. The van der Waals surface area contributed by atoms with E-state index in [0.717, 1.165) is 10.6 Å². The lowest BCUT2D eigenvalue weighted by Gasteiger charge is -2.08. The Morgan fingerprint density at radius 3 is 2.63 bits per heavy atom. The van der Waals surface area contributed by atoms with Crippen LogP contribution in [0.5, 0.6) is 0 Å². The molecule has 0 aliphatic carbocycles. The first-order chi connectivity index (χ1) is 9.11. The van der Waals surface area contributed by atoms with Gasteiger partial charge in [0.05, 0.1) is 15.6 Å². The van der Waals surface area contributed by atoms with E-state index in [0.29, 0.717) is 10.6 Å². The predicted octanol–water partition coefficient (Wildman–Crippen LogP) is 4.97. The van der Waals surface area contributed by atoms with Gasteiger partial charge in [-0.1, -0.05) is 35.3 Å². The van der Waals surface area contributed by atoms with Crippen LogP contribution in [0.1, 0.15) is 10.4 Å². The van der Waals surface area contributed by atoms with Gasteiger partial charge in [-0.3, -0.25) is 4.79 Å². The van der Waals surface area contributed by atoms with E-state index >= 15 is 0 Å². The molecule has 0 atom stereocenters. The molecule has 0 aliphatic heterocycles. The van der Waals surface area contributed by atoms with E-state index in [1.54, 1.807) is 30.0 Å². The highest BCUT2D eigenvalue weighted by Gasteiger charge is 2.12. The van der Waals surface area contributed by atoms with Crippen LogP contribution >= 0.6 is 35.0 Å². The number of amides is 1. The number of carbonyl (C=O) groups excluding carboxylic acids is 1. The zero-order valence-electron chi connectivity index (χ0n) is 10.1. The Hall–Kier alpha value is -1.16. The van der Waals surface area contributed by atoms with Crippen molar-refractivity contribution in [1.29, 1.82) is 0 Å². The van der Waals surface area contributed by atoms with Crippen molar-refractivity contribution in [1.82, 2.24) is 0 Å².